The second-order valence-corrected chi connectivity index (χ2v) is 5.10. The molecule has 2 N–H and O–H groups in total. The van der Waals surface area contributed by atoms with Gasteiger partial charge in [0.1, 0.15) is 0 Å². The number of carbonyl (C=O) groups excluding carboxylic acids is 1. The van der Waals surface area contributed by atoms with Gasteiger partial charge >= 0.3 is 0 Å². The van der Waals surface area contributed by atoms with Crippen LogP contribution in [0.1, 0.15) is 31.4 Å². The Morgan fingerprint density at radius 1 is 1.28 bits per heavy atom. The number of amides is 1. The van der Waals surface area contributed by atoms with Crippen molar-refractivity contribution < 1.29 is 9.90 Å². The van der Waals surface area contributed by atoms with Gasteiger partial charge in [-0.05, 0) is 24.8 Å². The van der Waals surface area contributed by atoms with Crippen LogP contribution >= 0.6 is 0 Å². The Hall–Kier alpha value is -1.35. The predicted molar refractivity (Wildman–Crippen MR) is 73.4 cm³/mol. The van der Waals surface area contributed by atoms with Crippen LogP contribution < -0.4 is 5.32 Å². The summed E-state index contributed by atoms with van der Waals surface area (Å²) >= 11 is 0. The van der Waals surface area contributed by atoms with Crippen molar-refractivity contribution in [3.63, 3.8) is 0 Å². The lowest BCUT2D eigenvalue weighted by molar-refractivity contribution is -0.121. The van der Waals surface area contributed by atoms with Gasteiger partial charge in [-0.2, -0.15) is 0 Å². The molecule has 0 fully saturated rings. The fourth-order valence-electron chi connectivity index (χ4n) is 1.56. The summed E-state index contributed by atoms with van der Waals surface area (Å²) in [6.45, 7) is 6.25. The number of aliphatic hydroxyl groups excluding tert-OH is 1. The number of aliphatic hydroxyl groups is 1. The molecular formula is C15H23NO2. The van der Waals surface area contributed by atoms with Gasteiger partial charge in [-0.25, -0.2) is 0 Å². The summed E-state index contributed by atoms with van der Waals surface area (Å²) in [4.78, 5) is 11.6. The molecule has 1 aromatic rings. The number of hydrogen-bond donors (Lipinski definition) is 2. The van der Waals surface area contributed by atoms with E-state index in [0.29, 0.717) is 13.0 Å². The fourth-order valence-corrected chi connectivity index (χ4v) is 1.56. The third-order valence-corrected chi connectivity index (χ3v) is 3.04. The molecule has 0 radical (unpaired) electrons. The molecule has 0 aliphatic heterocycles. The van der Waals surface area contributed by atoms with E-state index in [4.69, 9.17) is 0 Å². The molecule has 100 valence electrons. The Balaban J connectivity index is 2.27. The van der Waals surface area contributed by atoms with Gasteiger partial charge in [-0.15, -0.1) is 0 Å². The number of aryl methyl sites for hydroxylation is 2. The highest BCUT2D eigenvalue weighted by molar-refractivity contribution is 5.76. The zero-order valence-electron chi connectivity index (χ0n) is 11.4. The molecule has 0 aliphatic rings. The van der Waals surface area contributed by atoms with Crippen molar-refractivity contribution in [2.24, 2.45) is 5.92 Å². The van der Waals surface area contributed by atoms with Crippen LogP contribution in [0.4, 0.5) is 0 Å². The average molecular weight is 249 g/mol. The highest BCUT2D eigenvalue weighted by Crippen LogP contribution is 2.06. The summed E-state index contributed by atoms with van der Waals surface area (Å²) in [6.07, 6.45) is 0.742. The average Bonchev–Trinajstić information content (AvgIpc) is 2.35. The fraction of sp³-hybridized carbons (Fsp3) is 0.533. The monoisotopic (exact) mass is 249 g/mol. The molecule has 0 aliphatic carbocycles. The maximum atomic E-state index is 11.6. The van der Waals surface area contributed by atoms with Crippen molar-refractivity contribution in [1.82, 2.24) is 5.32 Å². The van der Waals surface area contributed by atoms with Crippen LogP contribution in [-0.4, -0.2) is 23.7 Å². The van der Waals surface area contributed by atoms with Gasteiger partial charge in [0.25, 0.3) is 0 Å². The van der Waals surface area contributed by atoms with E-state index in [1.165, 1.54) is 11.1 Å². The molecule has 0 spiro atoms. The quantitative estimate of drug-likeness (QED) is 0.810. The molecule has 1 amide bonds. The normalized spacial score (nSPS) is 12.5. The molecule has 0 aromatic heterocycles. The molecule has 3 heteroatoms. The van der Waals surface area contributed by atoms with Crippen molar-refractivity contribution in [3.8, 4) is 0 Å². The van der Waals surface area contributed by atoms with Crippen LogP contribution in [0.5, 0.6) is 0 Å². The summed E-state index contributed by atoms with van der Waals surface area (Å²) in [5.74, 6) is 0.165. The van der Waals surface area contributed by atoms with Gasteiger partial charge < -0.3 is 10.4 Å². The molecule has 1 aromatic carbocycles. The van der Waals surface area contributed by atoms with E-state index in [0.717, 1.165) is 6.42 Å². The lowest BCUT2D eigenvalue weighted by Crippen LogP contribution is -2.34. The number of benzene rings is 1. The molecule has 1 atom stereocenters. The Labute approximate surface area is 109 Å². The molecule has 1 unspecified atom stereocenters. The maximum Gasteiger partial charge on any atom is 0.220 e. The second-order valence-electron chi connectivity index (χ2n) is 5.10. The van der Waals surface area contributed by atoms with Gasteiger partial charge in [-0.1, -0.05) is 43.7 Å². The first-order chi connectivity index (χ1) is 8.49. The van der Waals surface area contributed by atoms with E-state index in [1.54, 1.807) is 0 Å². The Bertz CT molecular complexity index is 371. The van der Waals surface area contributed by atoms with Gasteiger partial charge in [0.15, 0.2) is 0 Å². The zero-order valence-corrected chi connectivity index (χ0v) is 11.4. The Morgan fingerprint density at radius 3 is 2.44 bits per heavy atom. The van der Waals surface area contributed by atoms with E-state index >= 15 is 0 Å². The van der Waals surface area contributed by atoms with E-state index in [1.807, 2.05) is 32.9 Å². The maximum absolute atomic E-state index is 11.6. The molecule has 0 bridgehead atoms. The van der Waals surface area contributed by atoms with Crippen molar-refractivity contribution >= 4 is 5.91 Å². The molecular weight excluding hydrogens is 226 g/mol. The van der Waals surface area contributed by atoms with E-state index in [2.05, 4.69) is 17.4 Å². The standard InChI is InChI=1S/C15H23NO2/c1-11(2)14(17)10-16-15(18)9-8-13-6-4-12(3)5-7-13/h4-7,11,14,17H,8-10H2,1-3H3,(H,16,18). The largest absolute Gasteiger partial charge is 0.391 e. The number of hydrogen-bond acceptors (Lipinski definition) is 2. The molecule has 0 saturated carbocycles. The Kier molecular flexibility index (Phi) is 5.86. The van der Waals surface area contributed by atoms with Gasteiger partial charge in [0, 0.05) is 13.0 Å². The topological polar surface area (TPSA) is 49.3 Å². The summed E-state index contributed by atoms with van der Waals surface area (Å²) in [7, 11) is 0. The minimum Gasteiger partial charge on any atom is -0.391 e. The second kappa shape index (κ2) is 7.17. The van der Waals surface area contributed by atoms with Gasteiger partial charge in [0.05, 0.1) is 6.10 Å². The molecule has 3 nitrogen and oxygen atoms in total. The lowest BCUT2D eigenvalue weighted by atomic mass is 10.1. The smallest absolute Gasteiger partial charge is 0.220 e. The molecule has 0 heterocycles. The third kappa shape index (κ3) is 5.32. The van der Waals surface area contributed by atoms with Gasteiger partial charge in [0.2, 0.25) is 5.91 Å². The van der Waals surface area contributed by atoms with E-state index in [9.17, 15) is 9.90 Å². The minimum absolute atomic E-state index is 0.00437. The van der Waals surface area contributed by atoms with Crippen molar-refractivity contribution in [1.29, 1.82) is 0 Å². The van der Waals surface area contributed by atoms with Crippen LogP contribution in [0.25, 0.3) is 0 Å². The summed E-state index contributed by atoms with van der Waals surface area (Å²) in [5.41, 5.74) is 2.39. The first-order valence-electron chi connectivity index (χ1n) is 6.49. The number of carbonyl (C=O) groups is 1. The lowest BCUT2D eigenvalue weighted by Gasteiger charge is -2.14. The van der Waals surface area contributed by atoms with Crippen molar-refractivity contribution in [3.05, 3.63) is 35.4 Å². The van der Waals surface area contributed by atoms with Crippen LogP contribution in [0.2, 0.25) is 0 Å². The minimum atomic E-state index is -0.465. The molecule has 18 heavy (non-hydrogen) atoms. The molecule has 0 saturated heterocycles. The SMILES string of the molecule is Cc1ccc(CCC(=O)NCC(O)C(C)C)cc1. The van der Waals surface area contributed by atoms with Crippen molar-refractivity contribution in [2.45, 2.75) is 39.7 Å². The third-order valence-electron chi connectivity index (χ3n) is 3.04. The number of rotatable bonds is 6. The predicted octanol–water partition coefficient (Wildman–Crippen LogP) is 2.06. The van der Waals surface area contributed by atoms with Gasteiger partial charge in [-0.3, -0.25) is 4.79 Å². The summed E-state index contributed by atoms with van der Waals surface area (Å²) < 4.78 is 0. The first-order valence-corrected chi connectivity index (χ1v) is 6.49. The highest BCUT2D eigenvalue weighted by Gasteiger charge is 2.10. The highest BCUT2D eigenvalue weighted by atomic mass is 16.3. The van der Waals surface area contributed by atoms with Crippen molar-refractivity contribution in [2.75, 3.05) is 6.54 Å². The summed E-state index contributed by atoms with van der Waals surface area (Å²) in [6, 6.07) is 8.20. The van der Waals surface area contributed by atoms with Crippen LogP contribution in [-0.2, 0) is 11.2 Å². The van der Waals surface area contributed by atoms with Crippen LogP contribution in [0.3, 0.4) is 0 Å². The first kappa shape index (κ1) is 14.7. The number of nitrogens with one attached hydrogen (secondary N) is 1. The zero-order chi connectivity index (χ0) is 13.5. The van der Waals surface area contributed by atoms with E-state index < -0.39 is 6.10 Å². The Morgan fingerprint density at radius 2 is 1.89 bits per heavy atom. The van der Waals surface area contributed by atoms with E-state index in [-0.39, 0.29) is 11.8 Å². The van der Waals surface area contributed by atoms with Crippen LogP contribution in [0, 0.1) is 12.8 Å². The molecule has 1 rings (SSSR count). The summed E-state index contributed by atoms with van der Waals surface area (Å²) in [5, 5.41) is 12.3. The van der Waals surface area contributed by atoms with Crippen LogP contribution in [0.15, 0.2) is 24.3 Å².